The lowest BCUT2D eigenvalue weighted by Gasteiger charge is -2.54. The van der Waals surface area contributed by atoms with E-state index in [1.165, 1.54) is 0 Å². The lowest BCUT2D eigenvalue weighted by Crippen LogP contribution is -2.72. The molecule has 3 rings (SSSR count). The van der Waals surface area contributed by atoms with Crippen molar-refractivity contribution in [3.63, 3.8) is 0 Å². The van der Waals surface area contributed by atoms with Crippen LogP contribution in [0.1, 0.15) is 19.3 Å². The number of nitrogens with zero attached hydrogens (tertiary/aromatic N) is 1. The molecule has 3 fully saturated rings. The van der Waals surface area contributed by atoms with E-state index >= 15 is 0 Å². The van der Waals surface area contributed by atoms with E-state index in [0.717, 1.165) is 12.8 Å². The first-order valence-electron chi connectivity index (χ1n) is 5.67. The van der Waals surface area contributed by atoms with Crippen LogP contribution in [-0.4, -0.2) is 48.7 Å². The smallest absolute Gasteiger partial charge is 0.217 e. The highest BCUT2D eigenvalue weighted by atomic mass is 32.2. The highest BCUT2D eigenvalue weighted by Gasteiger charge is 2.57. The van der Waals surface area contributed by atoms with E-state index < -0.39 is 15.6 Å². The molecule has 2 N–H and O–H groups in total. The monoisotopic (exact) mass is 264 g/mol. The van der Waals surface area contributed by atoms with Crippen LogP contribution in [0.15, 0.2) is 0 Å². The van der Waals surface area contributed by atoms with E-state index in [1.54, 1.807) is 4.08 Å². The summed E-state index contributed by atoms with van der Waals surface area (Å²) in [6.45, 7) is 0.959. The third-order valence-corrected chi connectivity index (χ3v) is 8.09. The van der Waals surface area contributed by atoms with Crippen LogP contribution in [0.3, 0.4) is 0 Å². The van der Waals surface area contributed by atoms with Gasteiger partial charge in [0.15, 0.2) is 0 Å². The molecule has 1 aliphatic carbocycles. The molecule has 2 aliphatic heterocycles. The van der Waals surface area contributed by atoms with Crippen LogP contribution < -0.4 is 5.73 Å². The minimum atomic E-state index is -3.09. The second kappa shape index (κ2) is 3.62. The van der Waals surface area contributed by atoms with Gasteiger partial charge in [0.2, 0.25) is 10.0 Å². The van der Waals surface area contributed by atoms with Crippen LogP contribution in [0, 0.1) is 0 Å². The maximum atomic E-state index is 12.1. The van der Waals surface area contributed by atoms with Gasteiger partial charge >= 0.3 is 0 Å². The van der Waals surface area contributed by atoms with Crippen molar-refractivity contribution in [3.8, 4) is 0 Å². The molecule has 3 aliphatic rings. The molecule has 1 spiro atoms. The summed E-state index contributed by atoms with van der Waals surface area (Å²) >= 11 is 0. The van der Waals surface area contributed by atoms with Gasteiger partial charge in [0.05, 0.1) is 19.0 Å². The third kappa shape index (κ3) is 1.63. The second-order valence-electron chi connectivity index (χ2n) is 4.98. The molecule has 5 nitrogen and oxygen atoms in total. The minimum Gasteiger partial charge on any atom is -0.377 e. The normalized spacial score (nSPS) is 37.9. The molecule has 2 saturated heterocycles. The Bertz CT molecular complexity index is 392. The summed E-state index contributed by atoms with van der Waals surface area (Å²) in [5.41, 5.74) is 6.28. The van der Waals surface area contributed by atoms with E-state index in [2.05, 4.69) is 0 Å². The molecule has 16 heavy (non-hydrogen) atoms. The molecule has 0 aromatic carbocycles. The van der Waals surface area contributed by atoms with Gasteiger partial charge in [0.1, 0.15) is 5.54 Å². The molecule has 0 aromatic heterocycles. The first-order chi connectivity index (χ1) is 7.55. The zero-order chi connectivity index (χ0) is 11.4. The van der Waals surface area contributed by atoms with Gasteiger partial charge in [-0.05, 0) is 33.7 Å². The average molecular weight is 264 g/mol. The summed E-state index contributed by atoms with van der Waals surface area (Å²) in [6.07, 6.45) is 2.89. The summed E-state index contributed by atoms with van der Waals surface area (Å²) < 4.78 is 31.2. The average Bonchev–Trinajstić information content (AvgIpc) is 2.94. The maximum absolute atomic E-state index is 12.1. The fraction of sp³-hybridized carbons (Fsp3) is 1.00. The molecular weight excluding hydrogens is 247 g/mol. The molecule has 92 valence electrons. The van der Waals surface area contributed by atoms with Gasteiger partial charge in [-0.25, -0.2) is 8.42 Å². The molecular formula is C9H17N2O3PS. The summed E-state index contributed by atoms with van der Waals surface area (Å²) in [5, 5.41) is 0. The number of nitrogens with two attached hydrogens (primary N) is 1. The molecule has 0 aromatic rings. The number of hydrogen-bond acceptors (Lipinski definition) is 4. The zero-order valence-corrected chi connectivity index (χ0v) is 10.9. The Balaban J connectivity index is 1.90. The fourth-order valence-electron chi connectivity index (χ4n) is 2.29. The highest BCUT2D eigenvalue weighted by Crippen LogP contribution is 2.50. The first kappa shape index (κ1) is 11.4. The second-order valence-corrected chi connectivity index (χ2v) is 8.76. The van der Waals surface area contributed by atoms with Crippen molar-refractivity contribution in [2.75, 3.05) is 19.0 Å². The number of hydrogen-bond donors (Lipinski definition) is 1. The predicted octanol–water partition coefficient (Wildman–Crippen LogP) is -0.126. The van der Waals surface area contributed by atoms with Gasteiger partial charge < -0.3 is 10.5 Å². The van der Waals surface area contributed by atoms with E-state index in [9.17, 15) is 8.42 Å². The van der Waals surface area contributed by atoms with E-state index in [4.69, 9.17) is 10.5 Å². The zero-order valence-electron chi connectivity index (χ0n) is 9.05. The van der Waals surface area contributed by atoms with Crippen molar-refractivity contribution < 1.29 is 13.2 Å². The summed E-state index contributed by atoms with van der Waals surface area (Å²) in [4.78, 5) is 0. The fourth-order valence-corrected chi connectivity index (χ4v) is 6.49. The Morgan fingerprint density at radius 2 is 2.00 bits per heavy atom. The Morgan fingerprint density at radius 1 is 1.31 bits per heavy atom. The van der Waals surface area contributed by atoms with Gasteiger partial charge in [-0.2, -0.15) is 4.08 Å². The Hall–Kier alpha value is 0.260. The number of ether oxygens (including phenoxy) is 1. The van der Waals surface area contributed by atoms with Crippen molar-refractivity contribution in [2.45, 2.75) is 36.5 Å². The van der Waals surface area contributed by atoms with Gasteiger partial charge in [-0.3, -0.25) is 0 Å². The Labute approximate surface area is 97.6 Å². The lowest BCUT2D eigenvalue weighted by atomic mass is 9.88. The Kier molecular flexibility index (Phi) is 2.57. The Morgan fingerprint density at radius 3 is 2.50 bits per heavy atom. The van der Waals surface area contributed by atoms with Gasteiger partial charge in [0.25, 0.3) is 0 Å². The van der Waals surface area contributed by atoms with Crippen molar-refractivity contribution in [3.05, 3.63) is 0 Å². The molecule has 0 radical (unpaired) electrons. The van der Waals surface area contributed by atoms with Crippen LogP contribution in [-0.2, 0) is 14.8 Å². The van der Waals surface area contributed by atoms with Crippen LogP contribution in [0.5, 0.6) is 0 Å². The van der Waals surface area contributed by atoms with Crippen molar-refractivity contribution >= 4 is 18.8 Å². The molecule has 0 bridgehead atoms. The standard InChI is InChI=1S/C9H17N2O3PS/c10-8-3-4-16(12,13)11(15-7-1-2-7)9(8)5-14-6-9/h7-8,15H,1-6,10H2. The quantitative estimate of drug-likeness (QED) is 0.705. The van der Waals surface area contributed by atoms with E-state index in [0.29, 0.717) is 34.0 Å². The minimum absolute atomic E-state index is 0.0592. The van der Waals surface area contributed by atoms with Crippen molar-refractivity contribution in [1.82, 2.24) is 4.08 Å². The highest BCUT2D eigenvalue weighted by molar-refractivity contribution is 7.93. The van der Waals surface area contributed by atoms with E-state index in [-0.39, 0.29) is 11.8 Å². The third-order valence-electron chi connectivity index (χ3n) is 3.64. The van der Waals surface area contributed by atoms with Crippen molar-refractivity contribution in [1.29, 1.82) is 0 Å². The molecule has 2 atom stereocenters. The largest absolute Gasteiger partial charge is 0.377 e. The summed E-state index contributed by atoms with van der Waals surface area (Å²) in [7, 11) is -2.71. The van der Waals surface area contributed by atoms with Gasteiger partial charge in [-0.1, -0.05) is 0 Å². The van der Waals surface area contributed by atoms with Crippen molar-refractivity contribution in [2.24, 2.45) is 5.73 Å². The number of rotatable bonds is 2. The molecule has 2 unspecified atom stereocenters. The van der Waals surface area contributed by atoms with Crippen LogP contribution in [0.25, 0.3) is 0 Å². The summed E-state index contributed by atoms with van der Waals surface area (Å²) in [5.74, 6) is 0.204. The molecule has 7 heteroatoms. The predicted molar refractivity (Wildman–Crippen MR) is 63.1 cm³/mol. The topological polar surface area (TPSA) is 72.6 Å². The lowest BCUT2D eigenvalue weighted by molar-refractivity contribution is -0.105. The number of sulfonamides is 1. The SMILES string of the molecule is NC1CCS(=O)(=O)N(PC2CC2)C12COC2. The van der Waals surface area contributed by atoms with Gasteiger partial charge in [-0.15, -0.1) is 0 Å². The van der Waals surface area contributed by atoms with Gasteiger partial charge in [0, 0.05) is 6.04 Å². The first-order valence-corrected chi connectivity index (χ1v) is 8.31. The van der Waals surface area contributed by atoms with Crippen LogP contribution in [0.4, 0.5) is 0 Å². The molecule has 1 saturated carbocycles. The van der Waals surface area contributed by atoms with Crippen LogP contribution >= 0.6 is 8.73 Å². The van der Waals surface area contributed by atoms with E-state index in [1.807, 2.05) is 0 Å². The summed E-state index contributed by atoms with van der Waals surface area (Å²) in [6, 6.07) is -0.0592. The molecule has 2 heterocycles. The maximum Gasteiger partial charge on any atom is 0.217 e. The van der Waals surface area contributed by atoms with Crippen LogP contribution in [0.2, 0.25) is 0 Å². The molecule has 0 amide bonds.